The van der Waals surface area contributed by atoms with Crippen molar-refractivity contribution in [2.24, 2.45) is 5.73 Å². The van der Waals surface area contributed by atoms with Crippen LogP contribution in [0.3, 0.4) is 0 Å². The number of aromatic nitrogens is 2. The smallest absolute Gasteiger partial charge is 0.263 e. The Bertz CT molecular complexity index is 935. The van der Waals surface area contributed by atoms with Crippen molar-refractivity contribution >= 4 is 34.1 Å². The zero-order valence-corrected chi connectivity index (χ0v) is 14.0. The molecule has 1 aromatic heterocycles. The summed E-state index contributed by atoms with van der Waals surface area (Å²) < 4.78 is 1.54. The molecule has 118 valence electrons. The topological polar surface area (TPSA) is 60.9 Å². The van der Waals surface area contributed by atoms with E-state index in [2.05, 4.69) is 4.98 Å². The van der Waals surface area contributed by atoms with Crippen LogP contribution in [-0.4, -0.2) is 9.55 Å². The molecule has 4 nitrogen and oxygen atoms in total. The predicted octanol–water partition coefficient (Wildman–Crippen LogP) is 3.77. The summed E-state index contributed by atoms with van der Waals surface area (Å²) in [4.78, 5) is 17.5. The lowest BCUT2D eigenvalue weighted by Crippen LogP contribution is -2.29. The van der Waals surface area contributed by atoms with E-state index in [1.807, 2.05) is 18.2 Å². The van der Waals surface area contributed by atoms with Crippen molar-refractivity contribution in [3.8, 4) is 0 Å². The van der Waals surface area contributed by atoms with E-state index in [0.717, 1.165) is 5.56 Å². The lowest BCUT2D eigenvalue weighted by Gasteiger charge is -2.17. The summed E-state index contributed by atoms with van der Waals surface area (Å²) in [5, 5.41) is 1.36. The quantitative estimate of drug-likeness (QED) is 0.784. The second-order valence-corrected chi connectivity index (χ2v) is 6.19. The molecule has 0 fully saturated rings. The second kappa shape index (κ2) is 6.32. The first-order chi connectivity index (χ1) is 11.0. The Morgan fingerprint density at radius 1 is 1.13 bits per heavy atom. The van der Waals surface area contributed by atoms with Crippen molar-refractivity contribution in [1.29, 1.82) is 0 Å². The fourth-order valence-corrected chi connectivity index (χ4v) is 2.98. The molecule has 1 unspecified atom stereocenters. The Balaban J connectivity index is 2.28. The summed E-state index contributed by atoms with van der Waals surface area (Å²) in [7, 11) is 0. The van der Waals surface area contributed by atoms with E-state index < -0.39 is 6.04 Å². The molecule has 23 heavy (non-hydrogen) atoms. The standard InChI is InChI=1S/C17H15Cl2N3O/c1-10(20)16-21-14-8-4-7-13(19)15(14)17(23)22(16)9-11-5-2-3-6-12(11)18/h2-8,10H,9,20H2,1H3. The number of nitrogens with two attached hydrogens (primary N) is 1. The molecule has 6 heteroatoms. The molecule has 1 heterocycles. The highest BCUT2D eigenvalue weighted by Crippen LogP contribution is 2.22. The van der Waals surface area contributed by atoms with Crippen LogP contribution < -0.4 is 11.3 Å². The molecular formula is C17H15Cl2N3O. The molecule has 0 amide bonds. The van der Waals surface area contributed by atoms with Gasteiger partial charge in [0, 0.05) is 5.02 Å². The molecule has 3 rings (SSSR count). The molecule has 0 aliphatic heterocycles. The summed E-state index contributed by atoms with van der Waals surface area (Å²) in [5.74, 6) is 0.504. The average molecular weight is 348 g/mol. The highest BCUT2D eigenvalue weighted by molar-refractivity contribution is 6.35. The third-order valence-electron chi connectivity index (χ3n) is 3.66. The van der Waals surface area contributed by atoms with Crippen LogP contribution in [-0.2, 0) is 6.54 Å². The number of hydrogen-bond donors (Lipinski definition) is 1. The van der Waals surface area contributed by atoms with Crippen molar-refractivity contribution in [3.63, 3.8) is 0 Å². The normalized spacial score (nSPS) is 12.5. The predicted molar refractivity (Wildman–Crippen MR) is 94.2 cm³/mol. The van der Waals surface area contributed by atoms with Crippen LogP contribution in [0.15, 0.2) is 47.3 Å². The first-order valence-electron chi connectivity index (χ1n) is 7.17. The molecule has 2 N–H and O–H groups in total. The summed E-state index contributed by atoms with van der Waals surface area (Å²) in [6, 6.07) is 12.2. The van der Waals surface area contributed by atoms with Gasteiger partial charge in [0.2, 0.25) is 0 Å². The maximum atomic E-state index is 12.9. The Labute approximate surface area is 143 Å². The minimum absolute atomic E-state index is 0.215. The van der Waals surface area contributed by atoms with Crippen molar-refractivity contribution in [2.45, 2.75) is 19.5 Å². The minimum Gasteiger partial charge on any atom is -0.322 e. The summed E-state index contributed by atoms with van der Waals surface area (Å²) >= 11 is 12.4. The van der Waals surface area contributed by atoms with Gasteiger partial charge in [-0.2, -0.15) is 0 Å². The molecule has 0 radical (unpaired) electrons. The molecule has 0 saturated heterocycles. The highest BCUT2D eigenvalue weighted by Gasteiger charge is 2.16. The van der Waals surface area contributed by atoms with E-state index in [-0.39, 0.29) is 5.56 Å². The number of benzene rings is 2. The van der Waals surface area contributed by atoms with Crippen molar-refractivity contribution < 1.29 is 0 Å². The van der Waals surface area contributed by atoms with Gasteiger partial charge < -0.3 is 5.73 Å². The van der Waals surface area contributed by atoms with Crippen LogP contribution in [0.5, 0.6) is 0 Å². The van der Waals surface area contributed by atoms with Gasteiger partial charge in [0.15, 0.2) is 0 Å². The number of fused-ring (bicyclic) bond motifs is 1. The summed E-state index contributed by atoms with van der Waals surface area (Å²) in [6.07, 6.45) is 0. The van der Waals surface area contributed by atoms with Gasteiger partial charge in [-0.05, 0) is 30.7 Å². The number of halogens is 2. The van der Waals surface area contributed by atoms with Crippen molar-refractivity contribution in [1.82, 2.24) is 9.55 Å². The van der Waals surface area contributed by atoms with Gasteiger partial charge in [0.25, 0.3) is 5.56 Å². The molecule has 0 aliphatic rings. The molecule has 0 saturated carbocycles. The maximum absolute atomic E-state index is 12.9. The first kappa shape index (κ1) is 16.0. The zero-order valence-electron chi connectivity index (χ0n) is 12.5. The number of hydrogen-bond acceptors (Lipinski definition) is 3. The van der Waals surface area contributed by atoms with Gasteiger partial charge >= 0.3 is 0 Å². The van der Waals surface area contributed by atoms with Crippen LogP contribution in [0.4, 0.5) is 0 Å². The third-order valence-corrected chi connectivity index (χ3v) is 4.34. The van der Waals surface area contributed by atoms with E-state index in [9.17, 15) is 4.79 Å². The van der Waals surface area contributed by atoms with Crippen LogP contribution in [0, 0.1) is 0 Å². The van der Waals surface area contributed by atoms with Gasteiger partial charge in [-0.1, -0.05) is 47.5 Å². The van der Waals surface area contributed by atoms with Gasteiger partial charge in [-0.25, -0.2) is 4.98 Å². The van der Waals surface area contributed by atoms with Gasteiger partial charge in [-0.3, -0.25) is 9.36 Å². The molecule has 2 aromatic carbocycles. The Morgan fingerprint density at radius 3 is 2.52 bits per heavy atom. The first-order valence-corrected chi connectivity index (χ1v) is 7.92. The van der Waals surface area contributed by atoms with Gasteiger partial charge in [-0.15, -0.1) is 0 Å². The van der Waals surface area contributed by atoms with Crippen LogP contribution in [0.25, 0.3) is 10.9 Å². The van der Waals surface area contributed by atoms with Crippen molar-refractivity contribution in [3.05, 3.63) is 74.3 Å². The summed E-state index contributed by atoms with van der Waals surface area (Å²) in [5.41, 5.74) is 7.17. The molecule has 3 aromatic rings. The number of rotatable bonds is 3. The lowest BCUT2D eigenvalue weighted by atomic mass is 10.2. The van der Waals surface area contributed by atoms with E-state index in [1.165, 1.54) is 0 Å². The maximum Gasteiger partial charge on any atom is 0.263 e. The van der Waals surface area contributed by atoms with E-state index in [0.29, 0.717) is 33.3 Å². The third kappa shape index (κ3) is 2.98. The van der Waals surface area contributed by atoms with Crippen LogP contribution in [0.2, 0.25) is 10.0 Å². The van der Waals surface area contributed by atoms with Crippen LogP contribution >= 0.6 is 23.2 Å². The van der Waals surface area contributed by atoms with Gasteiger partial charge in [0.1, 0.15) is 5.82 Å². The Hall–Kier alpha value is -1.88. The second-order valence-electron chi connectivity index (χ2n) is 5.38. The number of nitrogens with zero attached hydrogens (tertiary/aromatic N) is 2. The molecule has 0 spiro atoms. The summed E-state index contributed by atoms with van der Waals surface area (Å²) in [6.45, 7) is 2.09. The minimum atomic E-state index is -0.395. The van der Waals surface area contributed by atoms with E-state index in [4.69, 9.17) is 28.9 Å². The molecule has 0 aliphatic carbocycles. The SMILES string of the molecule is CC(N)c1nc2cccc(Cl)c2c(=O)n1Cc1ccccc1Cl. The molecule has 1 atom stereocenters. The Morgan fingerprint density at radius 2 is 1.83 bits per heavy atom. The monoisotopic (exact) mass is 347 g/mol. The largest absolute Gasteiger partial charge is 0.322 e. The molecule has 0 bridgehead atoms. The zero-order chi connectivity index (χ0) is 16.6. The average Bonchev–Trinajstić information content (AvgIpc) is 2.51. The highest BCUT2D eigenvalue weighted by atomic mass is 35.5. The van der Waals surface area contributed by atoms with Gasteiger partial charge in [0.05, 0.1) is 28.5 Å². The van der Waals surface area contributed by atoms with E-state index in [1.54, 1.807) is 35.8 Å². The van der Waals surface area contributed by atoms with Crippen molar-refractivity contribution in [2.75, 3.05) is 0 Å². The molecular weight excluding hydrogens is 333 g/mol. The Kier molecular flexibility index (Phi) is 4.39. The fourth-order valence-electron chi connectivity index (χ4n) is 2.54. The lowest BCUT2D eigenvalue weighted by molar-refractivity contribution is 0.620. The van der Waals surface area contributed by atoms with E-state index >= 15 is 0 Å². The van der Waals surface area contributed by atoms with Crippen LogP contribution in [0.1, 0.15) is 24.4 Å². The fraction of sp³-hybridized carbons (Fsp3) is 0.176.